The second-order valence-electron chi connectivity index (χ2n) is 3.13. The van der Waals surface area contributed by atoms with Crippen LogP contribution in [0.25, 0.3) is 0 Å². The minimum atomic E-state index is 0.182. The van der Waals surface area contributed by atoms with E-state index in [1.807, 2.05) is 6.92 Å². The SMILES string of the molecule is C[C@@H]1OCC[C@@](C)(I)[C@H]1N. The fourth-order valence-corrected chi connectivity index (χ4v) is 1.93. The summed E-state index contributed by atoms with van der Waals surface area (Å²) in [6, 6.07) is 0.182. The van der Waals surface area contributed by atoms with Crippen LogP contribution in [-0.4, -0.2) is 22.2 Å². The molecule has 1 fully saturated rings. The molecule has 2 N–H and O–H groups in total. The van der Waals surface area contributed by atoms with E-state index in [9.17, 15) is 0 Å². The summed E-state index contributed by atoms with van der Waals surface area (Å²) in [4.78, 5) is 0. The van der Waals surface area contributed by atoms with Crippen LogP contribution in [0.1, 0.15) is 20.3 Å². The first-order chi connectivity index (χ1) is 4.54. The second-order valence-corrected chi connectivity index (χ2v) is 5.59. The zero-order chi connectivity index (χ0) is 7.78. The average Bonchev–Trinajstić information content (AvgIpc) is 1.83. The Balaban J connectivity index is 2.60. The van der Waals surface area contributed by atoms with Crippen molar-refractivity contribution in [1.82, 2.24) is 0 Å². The maximum Gasteiger partial charge on any atom is 0.0710 e. The van der Waals surface area contributed by atoms with Crippen molar-refractivity contribution in [3.63, 3.8) is 0 Å². The van der Waals surface area contributed by atoms with Gasteiger partial charge < -0.3 is 10.5 Å². The first kappa shape index (κ1) is 8.74. The summed E-state index contributed by atoms with van der Waals surface area (Å²) < 4.78 is 5.63. The molecule has 1 saturated heterocycles. The minimum absolute atomic E-state index is 0.182. The van der Waals surface area contributed by atoms with E-state index in [1.54, 1.807) is 0 Å². The molecule has 3 heteroatoms. The van der Waals surface area contributed by atoms with Crippen molar-refractivity contribution in [1.29, 1.82) is 0 Å². The van der Waals surface area contributed by atoms with Gasteiger partial charge in [0.05, 0.1) is 6.10 Å². The number of ether oxygens (including phenoxy) is 1. The third-order valence-corrected chi connectivity index (χ3v) is 3.43. The van der Waals surface area contributed by atoms with E-state index in [0.717, 1.165) is 13.0 Å². The Bertz CT molecular complexity index is 127. The van der Waals surface area contributed by atoms with Crippen molar-refractivity contribution in [2.45, 2.75) is 35.8 Å². The van der Waals surface area contributed by atoms with Crippen molar-refractivity contribution < 1.29 is 4.74 Å². The quantitative estimate of drug-likeness (QED) is 0.523. The van der Waals surface area contributed by atoms with Gasteiger partial charge >= 0.3 is 0 Å². The van der Waals surface area contributed by atoms with E-state index in [4.69, 9.17) is 10.5 Å². The van der Waals surface area contributed by atoms with Gasteiger partial charge in [-0.2, -0.15) is 0 Å². The Morgan fingerprint density at radius 1 is 1.70 bits per heavy atom. The lowest BCUT2D eigenvalue weighted by Crippen LogP contribution is -2.53. The van der Waals surface area contributed by atoms with Crippen LogP contribution in [-0.2, 0) is 4.74 Å². The maximum absolute atomic E-state index is 5.92. The maximum atomic E-state index is 5.92. The van der Waals surface area contributed by atoms with Gasteiger partial charge in [0.1, 0.15) is 0 Å². The summed E-state index contributed by atoms with van der Waals surface area (Å²) in [6.45, 7) is 5.09. The third-order valence-electron chi connectivity index (χ3n) is 2.17. The lowest BCUT2D eigenvalue weighted by molar-refractivity contribution is 0.00327. The lowest BCUT2D eigenvalue weighted by atomic mass is 9.93. The molecule has 0 aromatic rings. The van der Waals surface area contributed by atoms with Gasteiger partial charge in [-0.3, -0.25) is 0 Å². The second kappa shape index (κ2) is 2.95. The summed E-state index contributed by atoms with van der Waals surface area (Å²) >= 11 is 2.43. The molecular weight excluding hydrogens is 241 g/mol. The molecule has 1 aliphatic rings. The van der Waals surface area contributed by atoms with Gasteiger partial charge in [-0.05, 0) is 20.3 Å². The zero-order valence-electron chi connectivity index (χ0n) is 6.43. The van der Waals surface area contributed by atoms with E-state index in [1.165, 1.54) is 0 Å². The highest BCUT2D eigenvalue weighted by Crippen LogP contribution is 2.31. The predicted molar refractivity (Wildman–Crippen MR) is 50.4 cm³/mol. The van der Waals surface area contributed by atoms with E-state index >= 15 is 0 Å². The smallest absolute Gasteiger partial charge is 0.0710 e. The van der Waals surface area contributed by atoms with Crippen LogP contribution >= 0.6 is 22.6 Å². The van der Waals surface area contributed by atoms with Crippen molar-refractivity contribution in [3.8, 4) is 0 Å². The van der Waals surface area contributed by atoms with Gasteiger partial charge in [0.15, 0.2) is 0 Å². The number of hydrogen-bond acceptors (Lipinski definition) is 2. The van der Waals surface area contributed by atoms with E-state index < -0.39 is 0 Å². The molecular formula is C7H14INO. The van der Waals surface area contributed by atoms with Gasteiger partial charge in [-0.15, -0.1) is 0 Å². The zero-order valence-corrected chi connectivity index (χ0v) is 8.59. The summed E-state index contributed by atoms with van der Waals surface area (Å²) in [6.07, 6.45) is 1.29. The van der Waals surface area contributed by atoms with Crippen LogP contribution in [0.3, 0.4) is 0 Å². The van der Waals surface area contributed by atoms with Gasteiger partial charge in [-0.25, -0.2) is 0 Å². The number of nitrogens with two attached hydrogens (primary N) is 1. The third kappa shape index (κ3) is 1.62. The number of halogens is 1. The monoisotopic (exact) mass is 255 g/mol. The van der Waals surface area contributed by atoms with Gasteiger partial charge in [0.25, 0.3) is 0 Å². The summed E-state index contributed by atoms with van der Waals surface area (Å²) in [7, 11) is 0. The average molecular weight is 255 g/mol. The molecule has 1 rings (SSSR count). The number of hydrogen-bond donors (Lipinski definition) is 1. The molecule has 0 aromatic heterocycles. The van der Waals surface area contributed by atoms with Crippen LogP contribution in [0.15, 0.2) is 0 Å². The lowest BCUT2D eigenvalue weighted by Gasteiger charge is -2.38. The molecule has 0 saturated carbocycles. The normalized spacial score (nSPS) is 49.2. The van der Waals surface area contributed by atoms with E-state index in [0.29, 0.717) is 0 Å². The van der Waals surface area contributed by atoms with Crippen LogP contribution in [0.2, 0.25) is 0 Å². The van der Waals surface area contributed by atoms with Crippen LogP contribution in [0.4, 0.5) is 0 Å². The largest absolute Gasteiger partial charge is 0.377 e. The molecule has 0 bridgehead atoms. The Hall–Kier alpha value is 0.650. The molecule has 0 radical (unpaired) electrons. The Kier molecular flexibility index (Phi) is 2.58. The van der Waals surface area contributed by atoms with Gasteiger partial charge in [-0.1, -0.05) is 22.6 Å². The first-order valence-electron chi connectivity index (χ1n) is 3.60. The molecule has 1 heterocycles. The van der Waals surface area contributed by atoms with Crippen LogP contribution in [0, 0.1) is 0 Å². The van der Waals surface area contributed by atoms with Crippen molar-refractivity contribution in [2.75, 3.05) is 6.61 Å². The molecule has 3 atom stereocenters. The summed E-state index contributed by atoms with van der Waals surface area (Å²) in [5.41, 5.74) is 5.92. The molecule has 60 valence electrons. The first-order valence-corrected chi connectivity index (χ1v) is 4.68. The minimum Gasteiger partial charge on any atom is -0.377 e. The van der Waals surface area contributed by atoms with Crippen molar-refractivity contribution in [2.24, 2.45) is 5.73 Å². The fraction of sp³-hybridized carbons (Fsp3) is 1.00. The number of rotatable bonds is 0. The highest BCUT2D eigenvalue weighted by atomic mass is 127. The van der Waals surface area contributed by atoms with Crippen LogP contribution in [0.5, 0.6) is 0 Å². The van der Waals surface area contributed by atoms with Crippen molar-refractivity contribution in [3.05, 3.63) is 0 Å². The molecule has 1 aliphatic heterocycles. The molecule has 0 unspecified atom stereocenters. The molecule has 10 heavy (non-hydrogen) atoms. The van der Waals surface area contributed by atoms with E-state index in [2.05, 4.69) is 29.5 Å². The van der Waals surface area contributed by atoms with Gasteiger partial charge in [0, 0.05) is 16.1 Å². The standard InChI is InChI=1S/C7H14INO/c1-5-6(9)7(2,8)3-4-10-5/h5-6H,3-4,9H2,1-2H3/t5-,6-,7+/m0/s1. The molecule has 0 aliphatic carbocycles. The highest BCUT2D eigenvalue weighted by molar-refractivity contribution is 14.1. The summed E-state index contributed by atoms with van der Waals surface area (Å²) in [5.74, 6) is 0. The molecule has 2 nitrogen and oxygen atoms in total. The van der Waals surface area contributed by atoms with Crippen LogP contribution < -0.4 is 5.73 Å². The molecule has 0 spiro atoms. The molecule has 0 aromatic carbocycles. The fourth-order valence-electron chi connectivity index (χ4n) is 1.20. The Morgan fingerprint density at radius 2 is 2.30 bits per heavy atom. The van der Waals surface area contributed by atoms with E-state index in [-0.39, 0.29) is 15.6 Å². The summed E-state index contributed by atoms with van der Waals surface area (Å²) in [5, 5.41) is 0. The molecule has 0 amide bonds. The topological polar surface area (TPSA) is 35.2 Å². The predicted octanol–water partition coefficient (Wildman–Crippen LogP) is 1.32. The van der Waals surface area contributed by atoms with Crippen molar-refractivity contribution >= 4 is 22.6 Å². The number of alkyl halides is 1. The van der Waals surface area contributed by atoms with Gasteiger partial charge in [0.2, 0.25) is 0 Å². The Labute approximate surface area is 75.6 Å². The highest BCUT2D eigenvalue weighted by Gasteiger charge is 2.36. The Morgan fingerprint density at radius 3 is 2.70 bits per heavy atom.